The Labute approximate surface area is 102 Å². The highest BCUT2D eigenvalue weighted by atomic mass is 32.2. The predicted molar refractivity (Wildman–Crippen MR) is 68.1 cm³/mol. The highest BCUT2D eigenvalue weighted by Crippen LogP contribution is 2.02. The van der Waals surface area contributed by atoms with Crippen molar-refractivity contribution in [1.29, 1.82) is 0 Å². The van der Waals surface area contributed by atoms with Gasteiger partial charge >= 0.3 is 0 Å². The van der Waals surface area contributed by atoms with Crippen molar-refractivity contribution in [2.24, 2.45) is 0 Å². The first-order valence-electron chi connectivity index (χ1n) is 5.44. The second kappa shape index (κ2) is 6.58. The van der Waals surface area contributed by atoms with Crippen LogP contribution in [0.5, 0.6) is 0 Å². The zero-order valence-electron chi connectivity index (χ0n) is 10.0. The van der Waals surface area contributed by atoms with E-state index in [4.69, 9.17) is 4.18 Å². The Morgan fingerprint density at radius 3 is 2.47 bits per heavy atom. The van der Waals surface area contributed by atoms with E-state index in [1.807, 2.05) is 30.3 Å². The van der Waals surface area contributed by atoms with E-state index in [9.17, 15) is 8.42 Å². The number of para-hydroxylation sites is 1. The van der Waals surface area contributed by atoms with Crippen LogP contribution < -0.4 is 10.9 Å². The second-order valence-corrected chi connectivity index (χ2v) is 5.54. The molecule has 0 amide bonds. The third-order valence-corrected chi connectivity index (χ3v) is 3.20. The van der Waals surface area contributed by atoms with Crippen molar-refractivity contribution in [3.8, 4) is 0 Å². The summed E-state index contributed by atoms with van der Waals surface area (Å²) >= 11 is 0. The minimum atomic E-state index is -3.44. The minimum absolute atomic E-state index is 0.0645. The third kappa shape index (κ3) is 6.25. The zero-order valence-corrected chi connectivity index (χ0v) is 10.8. The number of hydrogen-bond acceptors (Lipinski definition) is 5. The number of hydrazine groups is 1. The SMILES string of the molecule is CC(C)OS(=O)(=O)CCNNc1ccccc1. The maximum absolute atomic E-state index is 11.4. The summed E-state index contributed by atoms with van der Waals surface area (Å²) in [7, 11) is -3.44. The van der Waals surface area contributed by atoms with Crippen LogP contribution in [0.4, 0.5) is 5.69 Å². The largest absolute Gasteiger partial charge is 0.321 e. The fourth-order valence-electron chi connectivity index (χ4n) is 1.20. The molecule has 0 aromatic heterocycles. The fraction of sp³-hybridized carbons (Fsp3) is 0.455. The normalized spacial score (nSPS) is 11.7. The Kier molecular flexibility index (Phi) is 5.40. The van der Waals surface area contributed by atoms with E-state index < -0.39 is 10.1 Å². The number of rotatable bonds is 7. The Bertz CT molecular complexity index is 418. The molecule has 17 heavy (non-hydrogen) atoms. The van der Waals surface area contributed by atoms with Gasteiger partial charge in [-0.1, -0.05) is 18.2 Å². The van der Waals surface area contributed by atoms with Crippen LogP contribution in [0.15, 0.2) is 30.3 Å². The summed E-state index contributed by atoms with van der Waals surface area (Å²) in [6.45, 7) is 3.66. The van der Waals surface area contributed by atoms with Gasteiger partial charge in [0.15, 0.2) is 0 Å². The topological polar surface area (TPSA) is 67.4 Å². The van der Waals surface area contributed by atoms with E-state index in [2.05, 4.69) is 10.9 Å². The third-order valence-electron chi connectivity index (χ3n) is 1.82. The summed E-state index contributed by atoms with van der Waals surface area (Å²) in [5.74, 6) is -0.0645. The molecule has 1 aromatic carbocycles. The van der Waals surface area contributed by atoms with Crippen LogP contribution in [0, 0.1) is 0 Å². The van der Waals surface area contributed by atoms with Crippen LogP contribution in [0.1, 0.15) is 13.8 Å². The lowest BCUT2D eigenvalue weighted by molar-refractivity contribution is 0.249. The summed E-state index contributed by atoms with van der Waals surface area (Å²) in [6, 6.07) is 9.45. The van der Waals surface area contributed by atoms with Crippen molar-refractivity contribution in [3.63, 3.8) is 0 Å². The molecule has 0 saturated carbocycles. The van der Waals surface area contributed by atoms with Gasteiger partial charge in [0, 0.05) is 12.2 Å². The van der Waals surface area contributed by atoms with Crippen molar-refractivity contribution in [1.82, 2.24) is 5.43 Å². The van der Waals surface area contributed by atoms with Gasteiger partial charge in [0.25, 0.3) is 10.1 Å². The minimum Gasteiger partial charge on any atom is -0.321 e. The van der Waals surface area contributed by atoms with Crippen molar-refractivity contribution in [2.45, 2.75) is 20.0 Å². The van der Waals surface area contributed by atoms with Crippen LogP contribution in [0.3, 0.4) is 0 Å². The first kappa shape index (κ1) is 14.0. The van der Waals surface area contributed by atoms with E-state index >= 15 is 0 Å². The molecule has 0 heterocycles. The van der Waals surface area contributed by atoms with Gasteiger partial charge in [0.05, 0.1) is 11.9 Å². The highest BCUT2D eigenvalue weighted by Gasteiger charge is 2.12. The van der Waals surface area contributed by atoms with Gasteiger partial charge in [-0.2, -0.15) is 8.42 Å². The molecular weight excluding hydrogens is 240 g/mol. The maximum atomic E-state index is 11.4. The summed E-state index contributed by atoms with van der Waals surface area (Å²) in [4.78, 5) is 0. The molecule has 6 heteroatoms. The van der Waals surface area contributed by atoms with E-state index in [1.165, 1.54) is 0 Å². The molecule has 2 N–H and O–H groups in total. The molecule has 0 spiro atoms. The van der Waals surface area contributed by atoms with Gasteiger partial charge in [-0.3, -0.25) is 4.18 Å². The molecule has 0 saturated heterocycles. The molecule has 5 nitrogen and oxygen atoms in total. The van der Waals surface area contributed by atoms with Crippen molar-refractivity contribution in [3.05, 3.63) is 30.3 Å². The molecule has 0 atom stereocenters. The van der Waals surface area contributed by atoms with Crippen LogP contribution >= 0.6 is 0 Å². The van der Waals surface area contributed by atoms with Gasteiger partial charge in [-0.15, -0.1) is 0 Å². The average molecular weight is 258 g/mol. The molecule has 96 valence electrons. The second-order valence-electron chi connectivity index (χ2n) is 3.82. The lowest BCUT2D eigenvalue weighted by Gasteiger charge is -2.10. The van der Waals surface area contributed by atoms with Gasteiger partial charge < -0.3 is 5.43 Å². The van der Waals surface area contributed by atoms with E-state index in [1.54, 1.807) is 13.8 Å². The standard InChI is InChI=1S/C11H18N2O3S/c1-10(2)16-17(14,15)9-8-12-13-11-6-4-3-5-7-11/h3-7,10,12-13H,8-9H2,1-2H3. The number of hydrogen-bond donors (Lipinski definition) is 2. The van der Waals surface area contributed by atoms with E-state index in [-0.39, 0.29) is 18.4 Å². The molecule has 1 rings (SSSR count). The molecule has 0 bridgehead atoms. The number of anilines is 1. The molecular formula is C11H18N2O3S. The van der Waals surface area contributed by atoms with Crippen molar-refractivity contribution < 1.29 is 12.6 Å². The summed E-state index contributed by atoms with van der Waals surface area (Å²) in [5, 5.41) is 0. The van der Waals surface area contributed by atoms with Gasteiger partial charge in [-0.25, -0.2) is 5.43 Å². The van der Waals surface area contributed by atoms with Gasteiger partial charge in [-0.05, 0) is 26.0 Å². The molecule has 0 unspecified atom stereocenters. The molecule has 0 aliphatic carbocycles. The van der Waals surface area contributed by atoms with Crippen molar-refractivity contribution in [2.75, 3.05) is 17.7 Å². The van der Waals surface area contributed by atoms with Gasteiger partial charge in [0.1, 0.15) is 0 Å². The Hall–Kier alpha value is -1.11. The van der Waals surface area contributed by atoms with Crippen molar-refractivity contribution >= 4 is 15.8 Å². The fourth-order valence-corrected chi connectivity index (χ4v) is 2.24. The first-order valence-corrected chi connectivity index (χ1v) is 7.02. The van der Waals surface area contributed by atoms with Gasteiger partial charge in [0.2, 0.25) is 0 Å². The van der Waals surface area contributed by atoms with E-state index in [0.29, 0.717) is 0 Å². The molecule has 0 aliphatic heterocycles. The molecule has 1 aromatic rings. The lowest BCUT2D eigenvalue weighted by atomic mass is 10.3. The lowest BCUT2D eigenvalue weighted by Crippen LogP contribution is -2.29. The van der Waals surface area contributed by atoms with Crippen LogP contribution in [-0.2, 0) is 14.3 Å². The Morgan fingerprint density at radius 1 is 1.24 bits per heavy atom. The van der Waals surface area contributed by atoms with Crippen LogP contribution in [0.2, 0.25) is 0 Å². The predicted octanol–water partition coefficient (Wildman–Crippen LogP) is 1.36. The van der Waals surface area contributed by atoms with E-state index in [0.717, 1.165) is 5.69 Å². The molecule has 0 fully saturated rings. The first-order chi connectivity index (χ1) is 7.99. The summed E-state index contributed by atoms with van der Waals surface area (Å²) in [5.41, 5.74) is 6.61. The molecule has 0 radical (unpaired) electrons. The quantitative estimate of drug-likeness (QED) is 0.439. The zero-order chi connectivity index (χ0) is 12.7. The smallest absolute Gasteiger partial charge is 0.268 e. The average Bonchev–Trinajstić information content (AvgIpc) is 2.24. The molecule has 0 aliphatic rings. The van der Waals surface area contributed by atoms with Crippen LogP contribution in [0.25, 0.3) is 0 Å². The Morgan fingerprint density at radius 2 is 1.88 bits per heavy atom. The number of nitrogens with one attached hydrogen (secondary N) is 2. The summed E-state index contributed by atoms with van der Waals surface area (Å²) in [6.07, 6.45) is -0.318. The highest BCUT2D eigenvalue weighted by molar-refractivity contribution is 7.86. The monoisotopic (exact) mass is 258 g/mol. The number of benzene rings is 1. The maximum Gasteiger partial charge on any atom is 0.268 e. The Balaban J connectivity index is 2.25. The summed E-state index contributed by atoms with van der Waals surface area (Å²) < 4.78 is 27.5. The van der Waals surface area contributed by atoms with Crippen LogP contribution in [-0.4, -0.2) is 26.8 Å².